The molecule has 0 spiro atoms. The van der Waals surface area contributed by atoms with E-state index in [4.69, 9.17) is 19.3 Å². The van der Waals surface area contributed by atoms with Gasteiger partial charge in [0, 0.05) is 17.2 Å². The number of benzene rings is 1. The largest absolute Gasteiger partial charge is 0.496 e. The molecule has 0 bridgehead atoms. The molecule has 1 aliphatic rings. The summed E-state index contributed by atoms with van der Waals surface area (Å²) in [6.45, 7) is 0. The van der Waals surface area contributed by atoms with Crippen LogP contribution in [0.4, 0.5) is 0 Å². The zero-order chi connectivity index (χ0) is 14.0. The molecule has 0 saturated carbocycles. The average Bonchev–Trinajstić information content (AvgIpc) is 2.80. The van der Waals surface area contributed by atoms with E-state index in [9.17, 15) is 4.79 Å². The Morgan fingerprint density at radius 3 is 2.47 bits per heavy atom. The van der Waals surface area contributed by atoms with Gasteiger partial charge in [-0.25, -0.2) is 0 Å². The standard InChI is InChI=1S/C14H18O5/c1-17-10-7-11(18-2)14(19-3)13-8(6-12(15)16)4-5-9(10)13/h7-8H,4-6H2,1-3H3,(H,15,16). The Kier molecular flexibility index (Phi) is 3.83. The third-order valence-corrected chi connectivity index (χ3v) is 3.57. The van der Waals surface area contributed by atoms with Crippen molar-refractivity contribution in [3.63, 3.8) is 0 Å². The van der Waals surface area contributed by atoms with Crippen molar-refractivity contribution in [2.45, 2.75) is 25.2 Å². The summed E-state index contributed by atoms with van der Waals surface area (Å²) in [6.07, 6.45) is 1.69. The van der Waals surface area contributed by atoms with E-state index < -0.39 is 5.97 Å². The van der Waals surface area contributed by atoms with Gasteiger partial charge in [0.1, 0.15) is 5.75 Å². The van der Waals surface area contributed by atoms with Crippen LogP contribution in [0.25, 0.3) is 0 Å². The molecule has 5 heteroatoms. The first kappa shape index (κ1) is 13.5. The molecule has 1 aromatic carbocycles. The summed E-state index contributed by atoms with van der Waals surface area (Å²) in [5, 5.41) is 9.01. The first-order valence-electron chi connectivity index (χ1n) is 6.15. The topological polar surface area (TPSA) is 65.0 Å². The van der Waals surface area contributed by atoms with Crippen LogP contribution in [0.15, 0.2) is 6.07 Å². The van der Waals surface area contributed by atoms with Crippen molar-refractivity contribution in [3.05, 3.63) is 17.2 Å². The predicted molar refractivity (Wildman–Crippen MR) is 69.4 cm³/mol. The smallest absolute Gasteiger partial charge is 0.303 e. The third kappa shape index (κ3) is 2.32. The van der Waals surface area contributed by atoms with E-state index in [-0.39, 0.29) is 12.3 Å². The number of hydrogen-bond acceptors (Lipinski definition) is 4. The van der Waals surface area contributed by atoms with Crippen LogP contribution in [-0.4, -0.2) is 32.4 Å². The molecular weight excluding hydrogens is 248 g/mol. The maximum Gasteiger partial charge on any atom is 0.303 e. The van der Waals surface area contributed by atoms with Gasteiger partial charge in [-0.1, -0.05) is 0 Å². The van der Waals surface area contributed by atoms with Crippen LogP contribution >= 0.6 is 0 Å². The third-order valence-electron chi connectivity index (χ3n) is 3.57. The fourth-order valence-corrected chi connectivity index (χ4v) is 2.79. The Bertz CT molecular complexity index is 495. The number of hydrogen-bond donors (Lipinski definition) is 1. The highest BCUT2D eigenvalue weighted by Crippen LogP contribution is 2.49. The van der Waals surface area contributed by atoms with E-state index >= 15 is 0 Å². The lowest BCUT2D eigenvalue weighted by Crippen LogP contribution is -2.06. The minimum atomic E-state index is -0.804. The van der Waals surface area contributed by atoms with Gasteiger partial charge in [-0.05, 0) is 18.8 Å². The molecule has 1 aliphatic carbocycles. The van der Waals surface area contributed by atoms with Crippen LogP contribution in [0, 0.1) is 0 Å². The van der Waals surface area contributed by atoms with Gasteiger partial charge in [-0.3, -0.25) is 4.79 Å². The molecule has 0 amide bonds. The molecule has 0 aliphatic heterocycles. The Morgan fingerprint density at radius 1 is 1.26 bits per heavy atom. The van der Waals surface area contributed by atoms with E-state index in [1.807, 2.05) is 0 Å². The van der Waals surface area contributed by atoms with Crippen molar-refractivity contribution < 1.29 is 24.1 Å². The minimum Gasteiger partial charge on any atom is -0.496 e. The first-order chi connectivity index (χ1) is 9.12. The number of carboxylic acids is 1. The molecule has 2 rings (SSSR count). The number of carbonyl (C=O) groups is 1. The van der Waals surface area contributed by atoms with E-state index in [1.165, 1.54) is 0 Å². The number of fused-ring (bicyclic) bond motifs is 1. The molecule has 1 aromatic rings. The second-order valence-electron chi connectivity index (χ2n) is 4.54. The van der Waals surface area contributed by atoms with Gasteiger partial charge in [0.05, 0.1) is 27.8 Å². The number of ether oxygens (including phenoxy) is 3. The molecule has 0 fully saturated rings. The van der Waals surface area contributed by atoms with Gasteiger partial charge in [0.25, 0.3) is 0 Å². The fourth-order valence-electron chi connectivity index (χ4n) is 2.79. The summed E-state index contributed by atoms with van der Waals surface area (Å²) in [5.74, 6) is 1.09. The van der Waals surface area contributed by atoms with Gasteiger partial charge >= 0.3 is 5.97 Å². The molecule has 5 nitrogen and oxygen atoms in total. The number of methoxy groups -OCH3 is 3. The van der Waals surface area contributed by atoms with Crippen molar-refractivity contribution >= 4 is 5.97 Å². The van der Waals surface area contributed by atoms with Gasteiger partial charge in [-0.2, -0.15) is 0 Å². The van der Waals surface area contributed by atoms with Crippen LogP contribution in [0.3, 0.4) is 0 Å². The SMILES string of the molecule is COc1cc(OC)c(OC)c2c1CCC2CC(=O)O. The van der Waals surface area contributed by atoms with Crippen molar-refractivity contribution in [2.24, 2.45) is 0 Å². The molecule has 0 radical (unpaired) electrons. The van der Waals surface area contributed by atoms with Crippen LogP contribution in [0.5, 0.6) is 17.2 Å². The molecular formula is C14H18O5. The van der Waals surface area contributed by atoms with Crippen LogP contribution in [-0.2, 0) is 11.2 Å². The maximum atomic E-state index is 11.0. The van der Waals surface area contributed by atoms with Gasteiger partial charge in [0.15, 0.2) is 11.5 Å². The molecule has 0 saturated heterocycles. The normalized spacial score (nSPS) is 16.9. The van der Waals surface area contributed by atoms with E-state index in [0.717, 1.165) is 29.7 Å². The monoisotopic (exact) mass is 266 g/mol. The van der Waals surface area contributed by atoms with Crippen molar-refractivity contribution in [1.82, 2.24) is 0 Å². The summed E-state index contributed by atoms with van der Waals surface area (Å²) < 4.78 is 16.1. The molecule has 0 aromatic heterocycles. The van der Waals surface area contributed by atoms with Crippen LogP contribution < -0.4 is 14.2 Å². The Balaban J connectivity index is 2.56. The maximum absolute atomic E-state index is 11.0. The molecule has 1 unspecified atom stereocenters. The average molecular weight is 266 g/mol. The Labute approximate surface area is 112 Å². The van der Waals surface area contributed by atoms with E-state index in [2.05, 4.69) is 0 Å². The number of rotatable bonds is 5. The second kappa shape index (κ2) is 5.38. The highest BCUT2D eigenvalue weighted by atomic mass is 16.5. The first-order valence-corrected chi connectivity index (χ1v) is 6.15. The zero-order valence-electron chi connectivity index (χ0n) is 11.4. The van der Waals surface area contributed by atoms with Crippen molar-refractivity contribution in [1.29, 1.82) is 0 Å². The number of aliphatic carboxylic acids is 1. The molecule has 0 heterocycles. The lowest BCUT2D eigenvalue weighted by molar-refractivity contribution is -0.137. The molecule has 104 valence electrons. The van der Waals surface area contributed by atoms with Gasteiger partial charge in [0.2, 0.25) is 0 Å². The lowest BCUT2D eigenvalue weighted by Gasteiger charge is -2.18. The van der Waals surface area contributed by atoms with Crippen molar-refractivity contribution in [3.8, 4) is 17.2 Å². The molecule has 1 atom stereocenters. The predicted octanol–water partition coefficient (Wildman–Crippen LogP) is 2.22. The van der Waals surface area contributed by atoms with Crippen LogP contribution in [0.2, 0.25) is 0 Å². The highest BCUT2D eigenvalue weighted by molar-refractivity contribution is 5.70. The number of carboxylic acid groups (broad SMARTS) is 1. The summed E-state index contributed by atoms with van der Waals surface area (Å²) in [6, 6.07) is 1.79. The highest BCUT2D eigenvalue weighted by Gasteiger charge is 2.32. The van der Waals surface area contributed by atoms with Crippen LogP contribution in [0.1, 0.15) is 29.9 Å². The summed E-state index contributed by atoms with van der Waals surface area (Å²) in [4.78, 5) is 11.0. The van der Waals surface area contributed by atoms with Gasteiger partial charge < -0.3 is 19.3 Å². The summed E-state index contributed by atoms with van der Waals surface area (Å²) in [5.41, 5.74) is 1.95. The minimum absolute atomic E-state index is 0.0496. The Morgan fingerprint density at radius 2 is 1.95 bits per heavy atom. The van der Waals surface area contributed by atoms with Gasteiger partial charge in [-0.15, -0.1) is 0 Å². The summed E-state index contributed by atoms with van der Waals surface area (Å²) in [7, 11) is 4.73. The fraction of sp³-hybridized carbons (Fsp3) is 0.500. The quantitative estimate of drug-likeness (QED) is 0.885. The lowest BCUT2D eigenvalue weighted by atomic mass is 9.96. The van der Waals surface area contributed by atoms with Crippen molar-refractivity contribution in [2.75, 3.05) is 21.3 Å². The van der Waals surface area contributed by atoms with E-state index in [0.29, 0.717) is 11.5 Å². The Hall–Kier alpha value is -1.91. The zero-order valence-corrected chi connectivity index (χ0v) is 11.4. The second-order valence-corrected chi connectivity index (χ2v) is 4.54. The van der Waals surface area contributed by atoms with E-state index in [1.54, 1.807) is 27.4 Å². The molecule has 1 N–H and O–H groups in total. The molecule has 19 heavy (non-hydrogen) atoms. The summed E-state index contributed by atoms with van der Waals surface area (Å²) >= 11 is 0.